The van der Waals surface area contributed by atoms with E-state index in [1.165, 1.54) is 15.8 Å². The first kappa shape index (κ1) is 20.4. The van der Waals surface area contributed by atoms with Gasteiger partial charge >= 0.3 is 6.18 Å². The van der Waals surface area contributed by atoms with Gasteiger partial charge in [-0.25, -0.2) is 4.98 Å². The summed E-state index contributed by atoms with van der Waals surface area (Å²) < 4.78 is 41.0. The van der Waals surface area contributed by atoms with Crippen molar-refractivity contribution in [2.75, 3.05) is 0 Å². The minimum Gasteiger partial charge on any atom is -0.353 e. The molecule has 1 fully saturated rings. The van der Waals surface area contributed by atoms with Crippen LogP contribution in [0.2, 0.25) is 0 Å². The van der Waals surface area contributed by atoms with Crippen LogP contribution in [0.4, 0.5) is 13.2 Å². The molecule has 0 saturated heterocycles. The maximum Gasteiger partial charge on any atom is 0.393 e. The van der Waals surface area contributed by atoms with E-state index in [9.17, 15) is 22.8 Å². The molecule has 0 aromatic carbocycles. The van der Waals surface area contributed by atoms with Crippen molar-refractivity contribution in [1.29, 1.82) is 0 Å². The molecule has 5 nitrogen and oxygen atoms in total. The fraction of sp³-hybridized carbons (Fsp3) is 0.650. The number of aromatic nitrogens is 2. The highest BCUT2D eigenvalue weighted by Gasteiger charge is 2.45. The van der Waals surface area contributed by atoms with Crippen LogP contribution in [0.25, 0.3) is 10.2 Å². The standard InChI is InChI=1S/C20H24F3N3O2S/c21-20(22,23)13-6-2-3-7-14(13)25-16(27)9-10-26-11-24-18-17(19(26)28)12-5-1-4-8-15(12)29-18/h11,13-14H,1-10H2,(H,25,27). The molecule has 2 atom stereocenters. The lowest BCUT2D eigenvalue weighted by Crippen LogP contribution is -2.47. The van der Waals surface area contributed by atoms with Gasteiger partial charge in [0.15, 0.2) is 0 Å². The normalized spacial score (nSPS) is 22.4. The van der Waals surface area contributed by atoms with E-state index in [0.29, 0.717) is 24.6 Å². The number of alkyl halides is 3. The molecule has 29 heavy (non-hydrogen) atoms. The summed E-state index contributed by atoms with van der Waals surface area (Å²) in [6.07, 6.45) is 2.72. The molecule has 0 bridgehead atoms. The van der Waals surface area contributed by atoms with Crippen molar-refractivity contribution in [3.05, 3.63) is 27.1 Å². The first-order valence-corrected chi connectivity index (χ1v) is 11.0. The SMILES string of the molecule is O=C(CCn1cnc2sc3c(c2c1=O)CCCC3)NC1CCCCC1C(F)(F)F. The number of carbonyl (C=O) groups excluding carboxylic acids is 1. The van der Waals surface area contributed by atoms with E-state index in [1.807, 2.05) is 0 Å². The van der Waals surface area contributed by atoms with Gasteiger partial charge in [-0.15, -0.1) is 11.3 Å². The number of aryl methyl sites for hydroxylation is 3. The second-order valence-electron chi connectivity index (χ2n) is 7.99. The van der Waals surface area contributed by atoms with E-state index < -0.39 is 24.0 Å². The van der Waals surface area contributed by atoms with Crippen LogP contribution in [0.3, 0.4) is 0 Å². The van der Waals surface area contributed by atoms with E-state index in [-0.39, 0.29) is 24.9 Å². The molecule has 1 saturated carbocycles. The Kier molecular flexibility index (Phi) is 5.68. The van der Waals surface area contributed by atoms with Crippen molar-refractivity contribution in [3.8, 4) is 0 Å². The average molecular weight is 427 g/mol. The van der Waals surface area contributed by atoms with Crippen LogP contribution >= 0.6 is 11.3 Å². The second kappa shape index (κ2) is 8.08. The molecule has 2 aromatic rings. The van der Waals surface area contributed by atoms with Crippen LogP contribution in [0.1, 0.15) is 55.4 Å². The summed E-state index contributed by atoms with van der Waals surface area (Å²) in [4.78, 5) is 31.5. The quantitative estimate of drug-likeness (QED) is 0.803. The van der Waals surface area contributed by atoms with Gasteiger partial charge in [0, 0.05) is 23.9 Å². The molecule has 0 aliphatic heterocycles. The van der Waals surface area contributed by atoms with Crippen molar-refractivity contribution >= 4 is 27.5 Å². The molecule has 158 valence electrons. The predicted molar refractivity (Wildman–Crippen MR) is 105 cm³/mol. The highest BCUT2D eigenvalue weighted by molar-refractivity contribution is 7.18. The first-order chi connectivity index (χ1) is 13.8. The van der Waals surface area contributed by atoms with Gasteiger partial charge in [-0.3, -0.25) is 14.2 Å². The number of halogens is 3. The number of amides is 1. The van der Waals surface area contributed by atoms with Crippen molar-refractivity contribution in [3.63, 3.8) is 0 Å². The molecular weight excluding hydrogens is 403 g/mol. The Labute approximate surface area is 170 Å². The summed E-state index contributed by atoms with van der Waals surface area (Å²) in [7, 11) is 0. The van der Waals surface area contributed by atoms with Crippen LogP contribution in [0.5, 0.6) is 0 Å². The minimum atomic E-state index is -4.30. The third-order valence-corrected chi connectivity index (χ3v) is 7.25. The van der Waals surface area contributed by atoms with Crippen molar-refractivity contribution in [1.82, 2.24) is 14.9 Å². The molecule has 2 aromatic heterocycles. The summed E-state index contributed by atoms with van der Waals surface area (Å²) in [5.74, 6) is -1.94. The number of rotatable bonds is 4. The van der Waals surface area contributed by atoms with Crippen LogP contribution in [0, 0.1) is 5.92 Å². The Bertz CT molecular complexity index is 966. The molecule has 2 aliphatic carbocycles. The molecule has 0 radical (unpaired) electrons. The van der Waals surface area contributed by atoms with Gasteiger partial charge in [0.05, 0.1) is 17.6 Å². The molecule has 2 heterocycles. The number of thiophene rings is 1. The van der Waals surface area contributed by atoms with Crippen molar-refractivity contribution in [2.45, 2.75) is 76.6 Å². The molecule has 0 spiro atoms. The summed E-state index contributed by atoms with van der Waals surface area (Å²) in [6.45, 7) is 0.113. The number of hydrogen-bond donors (Lipinski definition) is 1. The van der Waals surface area contributed by atoms with E-state index >= 15 is 0 Å². The molecule has 4 rings (SSSR count). The topological polar surface area (TPSA) is 64.0 Å². The predicted octanol–water partition coefficient (Wildman–Crippen LogP) is 3.96. The van der Waals surface area contributed by atoms with Crippen LogP contribution in [0.15, 0.2) is 11.1 Å². The van der Waals surface area contributed by atoms with Gasteiger partial charge in [-0.05, 0) is 44.1 Å². The van der Waals surface area contributed by atoms with Gasteiger partial charge < -0.3 is 5.32 Å². The van der Waals surface area contributed by atoms with Crippen molar-refractivity contribution < 1.29 is 18.0 Å². The Balaban J connectivity index is 1.45. The lowest BCUT2D eigenvalue weighted by molar-refractivity contribution is -0.189. The Morgan fingerprint density at radius 1 is 1.21 bits per heavy atom. The van der Waals surface area contributed by atoms with Gasteiger partial charge in [0.1, 0.15) is 4.83 Å². The van der Waals surface area contributed by atoms with Crippen LogP contribution < -0.4 is 10.9 Å². The number of hydrogen-bond acceptors (Lipinski definition) is 4. The first-order valence-electron chi connectivity index (χ1n) is 10.2. The molecule has 1 amide bonds. The fourth-order valence-electron chi connectivity index (χ4n) is 4.54. The molecule has 2 aliphatic rings. The molecule has 2 unspecified atom stereocenters. The largest absolute Gasteiger partial charge is 0.393 e. The van der Waals surface area contributed by atoms with Crippen LogP contribution in [-0.4, -0.2) is 27.7 Å². The fourth-order valence-corrected chi connectivity index (χ4v) is 5.76. The number of nitrogens with zero attached hydrogens (tertiary/aromatic N) is 2. The zero-order chi connectivity index (χ0) is 20.6. The number of nitrogens with one attached hydrogen (secondary N) is 1. The maximum atomic E-state index is 13.2. The van der Waals surface area contributed by atoms with Gasteiger partial charge in [0.25, 0.3) is 5.56 Å². The summed E-state index contributed by atoms with van der Waals surface area (Å²) >= 11 is 1.56. The molecule has 9 heteroatoms. The average Bonchev–Trinajstić information content (AvgIpc) is 3.06. The minimum absolute atomic E-state index is 0.0412. The summed E-state index contributed by atoms with van der Waals surface area (Å²) in [5.41, 5.74) is 0.927. The number of carbonyl (C=O) groups is 1. The zero-order valence-electron chi connectivity index (χ0n) is 16.1. The van der Waals surface area contributed by atoms with E-state index in [4.69, 9.17) is 0 Å². The third-order valence-electron chi connectivity index (χ3n) is 6.05. The van der Waals surface area contributed by atoms with Gasteiger partial charge in [-0.1, -0.05) is 12.8 Å². The second-order valence-corrected chi connectivity index (χ2v) is 9.07. The maximum absolute atomic E-state index is 13.2. The molecular formula is C20H24F3N3O2S. The Hall–Kier alpha value is -1.90. The highest BCUT2D eigenvalue weighted by atomic mass is 32.1. The summed E-state index contributed by atoms with van der Waals surface area (Å²) in [6, 6.07) is -0.877. The van der Waals surface area contributed by atoms with Crippen LogP contribution in [-0.2, 0) is 24.2 Å². The van der Waals surface area contributed by atoms with E-state index in [1.54, 1.807) is 11.3 Å². The third kappa shape index (κ3) is 4.20. The summed E-state index contributed by atoms with van der Waals surface area (Å²) in [5, 5.41) is 3.20. The van der Waals surface area contributed by atoms with E-state index in [2.05, 4.69) is 10.3 Å². The highest BCUT2D eigenvalue weighted by Crippen LogP contribution is 2.38. The lowest BCUT2D eigenvalue weighted by atomic mass is 9.84. The molecule has 1 N–H and O–H groups in total. The Morgan fingerprint density at radius 3 is 2.76 bits per heavy atom. The van der Waals surface area contributed by atoms with Gasteiger partial charge in [-0.2, -0.15) is 13.2 Å². The Morgan fingerprint density at radius 2 is 1.97 bits per heavy atom. The van der Waals surface area contributed by atoms with E-state index in [0.717, 1.165) is 36.1 Å². The van der Waals surface area contributed by atoms with Gasteiger partial charge in [0.2, 0.25) is 5.91 Å². The smallest absolute Gasteiger partial charge is 0.353 e. The number of fused-ring (bicyclic) bond motifs is 3. The monoisotopic (exact) mass is 427 g/mol. The lowest BCUT2D eigenvalue weighted by Gasteiger charge is -2.33. The van der Waals surface area contributed by atoms with Crippen molar-refractivity contribution in [2.24, 2.45) is 5.92 Å². The zero-order valence-corrected chi connectivity index (χ0v) is 16.9.